The number of morpholine rings is 1. The number of rotatable bonds is 4. The van der Waals surface area contributed by atoms with E-state index in [0.29, 0.717) is 12.4 Å². The normalized spacial score (nSPS) is 18.6. The Balaban J connectivity index is 2.44. The average Bonchev–Trinajstić information content (AvgIpc) is 2.46. The second kappa shape index (κ2) is 5.74. The minimum Gasteiger partial charge on any atom is -0.496 e. The number of ether oxygens (including phenoxy) is 2. The van der Waals surface area contributed by atoms with Crippen molar-refractivity contribution in [3.05, 3.63) is 28.3 Å². The molecule has 20 heavy (non-hydrogen) atoms. The quantitative estimate of drug-likeness (QED) is 0.646. The van der Waals surface area contributed by atoms with Crippen LogP contribution in [0, 0.1) is 10.1 Å². The van der Waals surface area contributed by atoms with Crippen LogP contribution in [0.25, 0.3) is 0 Å². The zero-order valence-corrected chi connectivity index (χ0v) is 10.8. The molecule has 1 heterocycles. The van der Waals surface area contributed by atoms with Gasteiger partial charge in [-0.05, 0) is 12.1 Å². The van der Waals surface area contributed by atoms with Crippen molar-refractivity contribution in [3.8, 4) is 5.75 Å². The molecule has 0 bridgehead atoms. The van der Waals surface area contributed by atoms with Gasteiger partial charge in [0.15, 0.2) is 6.04 Å². The Morgan fingerprint density at radius 2 is 2.35 bits per heavy atom. The van der Waals surface area contributed by atoms with E-state index in [4.69, 9.17) is 9.47 Å². The molecule has 1 aromatic rings. The number of aliphatic carboxylic acids is 1. The van der Waals surface area contributed by atoms with Crippen LogP contribution < -0.4 is 9.64 Å². The van der Waals surface area contributed by atoms with Crippen molar-refractivity contribution in [3.63, 3.8) is 0 Å². The van der Waals surface area contributed by atoms with Gasteiger partial charge in [0, 0.05) is 6.54 Å². The summed E-state index contributed by atoms with van der Waals surface area (Å²) < 4.78 is 10.1. The van der Waals surface area contributed by atoms with E-state index in [0.717, 1.165) is 0 Å². The summed E-state index contributed by atoms with van der Waals surface area (Å²) in [6.45, 7) is 0.607. The molecule has 0 amide bonds. The van der Waals surface area contributed by atoms with E-state index in [1.54, 1.807) is 6.07 Å². The number of hydrogen-bond donors (Lipinski definition) is 1. The molecule has 0 radical (unpaired) electrons. The third-order valence-electron chi connectivity index (χ3n) is 3.10. The third kappa shape index (κ3) is 2.64. The number of nitro benzene ring substituents is 1. The number of benzene rings is 1. The zero-order valence-electron chi connectivity index (χ0n) is 10.8. The number of hydrogen-bond acceptors (Lipinski definition) is 6. The van der Waals surface area contributed by atoms with Crippen LogP contribution >= 0.6 is 0 Å². The summed E-state index contributed by atoms with van der Waals surface area (Å²) in [5.41, 5.74) is 0.0731. The number of carboxylic acid groups (broad SMARTS) is 1. The van der Waals surface area contributed by atoms with Gasteiger partial charge in [0.2, 0.25) is 0 Å². The maximum atomic E-state index is 11.2. The number of nitro groups is 1. The summed E-state index contributed by atoms with van der Waals surface area (Å²) in [5.74, 6) is -0.726. The van der Waals surface area contributed by atoms with Crippen LogP contribution in [-0.4, -0.2) is 48.9 Å². The Kier molecular flexibility index (Phi) is 4.04. The maximum Gasteiger partial charge on any atom is 0.328 e. The molecule has 1 unspecified atom stereocenters. The number of nitrogens with zero attached hydrogens (tertiary/aromatic N) is 2. The van der Waals surface area contributed by atoms with Crippen molar-refractivity contribution in [2.24, 2.45) is 0 Å². The van der Waals surface area contributed by atoms with Gasteiger partial charge in [-0.15, -0.1) is 0 Å². The Morgan fingerprint density at radius 3 is 2.95 bits per heavy atom. The summed E-state index contributed by atoms with van der Waals surface area (Å²) in [6, 6.07) is 3.41. The number of carbonyl (C=O) groups is 1. The first-order valence-electron chi connectivity index (χ1n) is 5.94. The molecule has 0 saturated carbocycles. The van der Waals surface area contributed by atoms with Crippen LogP contribution in [0.2, 0.25) is 0 Å². The minimum absolute atomic E-state index is 0.00147. The number of methoxy groups -OCH3 is 1. The summed E-state index contributed by atoms with van der Waals surface area (Å²) in [6.07, 6.45) is 0. The Labute approximate surface area is 114 Å². The van der Waals surface area contributed by atoms with E-state index < -0.39 is 16.9 Å². The predicted molar refractivity (Wildman–Crippen MR) is 69.2 cm³/mol. The molecule has 8 nitrogen and oxygen atoms in total. The molecule has 1 atom stereocenters. The van der Waals surface area contributed by atoms with E-state index >= 15 is 0 Å². The lowest BCUT2D eigenvalue weighted by Gasteiger charge is -2.34. The molecule has 1 N–H and O–H groups in total. The lowest BCUT2D eigenvalue weighted by atomic mass is 10.1. The Hall–Kier alpha value is -2.35. The highest BCUT2D eigenvalue weighted by molar-refractivity contribution is 5.81. The van der Waals surface area contributed by atoms with Crippen LogP contribution in [0.15, 0.2) is 18.2 Å². The van der Waals surface area contributed by atoms with Crippen molar-refractivity contribution in [1.29, 1.82) is 0 Å². The molecule has 0 aromatic heterocycles. The summed E-state index contributed by atoms with van der Waals surface area (Å²) in [4.78, 5) is 23.3. The fourth-order valence-corrected chi connectivity index (χ4v) is 2.12. The molecular weight excluding hydrogens is 268 g/mol. The average molecular weight is 282 g/mol. The van der Waals surface area contributed by atoms with E-state index in [1.165, 1.54) is 24.1 Å². The lowest BCUT2D eigenvalue weighted by Crippen LogP contribution is -2.50. The molecule has 1 aliphatic rings. The molecule has 0 aliphatic carbocycles. The SMILES string of the molecule is COc1ccc(N2CCOCC2C(=O)O)c([N+](=O)[O-])c1. The van der Waals surface area contributed by atoms with Gasteiger partial charge in [-0.1, -0.05) is 0 Å². The molecule has 2 rings (SSSR count). The Morgan fingerprint density at radius 1 is 1.60 bits per heavy atom. The topological polar surface area (TPSA) is 102 Å². The summed E-state index contributed by atoms with van der Waals surface area (Å²) >= 11 is 0. The van der Waals surface area contributed by atoms with Crippen LogP contribution in [0.4, 0.5) is 11.4 Å². The molecule has 108 valence electrons. The highest BCUT2D eigenvalue weighted by Crippen LogP contribution is 2.33. The van der Waals surface area contributed by atoms with Gasteiger partial charge in [-0.3, -0.25) is 10.1 Å². The summed E-state index contributed by atoms with van der Waals surface area (Å²) in [7, 11) is 1.41. The number of carboxylic acids is 1. The Bertz CT molecular complexity index is 533. The standard InChI is InChI=1S/C12H14N2O6/c1-19-8-2-3-9(10(6-8)14(17)18)13-4-5-20-7-11(13)12(15)16/h2-3,6,11H,4-5,7H2,1H3,(H,15,16). The predicted octanol–water partition coefficient (Wildman–Crippen LogP) is 0.893. The van der Waals surface area contributed by atoms with Crippen LogP contribution in [0.3, 0.4) is 0 Å². The second-order valence-electron chi connectivity index (χ2n) is 4.23. The second-order valence-corrected chi connectivity index (χ2v) is 4.23. The van der Waals surface area contributed by atoms with Crippen LogP contribution in [-0.2, 0) is 9.53 Å². The van der Waals surface area contributed by atoms with Crippen molar-refractivity contribution < 1.29 is 24.3 Å². The molecule has 0 spiro atoms. The van der Waals surface area contributed by atoms with Crippen LogP contribution in [0.1, 0.15) is 0 Å². The van der Waals surface area contributed by atoms with Gasteiger partial charge in [-0.2, -0.15) is 0 Å². The van der Waals surface area contributed by atoms with Crippen molar-refractivity contribution in [2.75, 3.05) is 31.8 Å². The van der Waals surface area contributed by atoms with Crippen LogP contribution in [0.5, 0.6) is 5.75 Å². The zero-order chi connectivity index (χ0) is 14.7. The molecule has 1 saturated heterocycles. The minimum atomic E-state index is -1.07. The lowest BCUT2D eigenvalue weighted by molar-refractivity contribution is -0.384. The van der Waals surface area contributed by atoms with E-state index in [-0.39, 0.29) is 24.5 Å². The molecule has 8 heteroatoms. The van der Waals surface area contributed by atoms with Gasteiger partial charge in [0.05, 0.1) is 31.3 Å². The summed E-state index contributed by atoms with van der Waals surface area (Å²) in [5, 5.41) is 20.3. The fourth-order valence-electron chi connectivity index (χ4n) is 2.12. The highest BCUT2D eigenvalue weighted by atomic mass is 16.6. The molecule has 1 aliphatic heterocycles. The maximum absolute atomic E-state index is 11.2. The molecule has 1 aromatic carbocycles. The molecular formula is C12H14N2O6. The van der Waals surface area contributed by atoms with Gasteiger partial charge >= 0.3 is 5.97 Å². The van der Waals surface area contributed by atoms with Crippen molar-refractivity contribution >= 4 is 17.3 Å². The van der Waals surface area contributed by atoms with Crippen molar-refractivity contribution in [2.45, 2.75) is 6.04 Å². The first-order valence-corrected chi connectivity index (χ1v) is 5.94. The smallest absolute Gasteiger partial charge is 0.328 e. The van der Waals surface area contributed by atoms with E-state index in [9.17, 15) is 20.0 Å². The van der Waals surface area contributed by atoms with Gasteiger partial charge in [-0.25, -0.2) is 4.79 Å². The van der Waals surface area contributed by atoms with Crippen molar-refractivity contribution in [1.82, 2.24) is 0 Å². The van der Waals surface area contributed by atoms with E-state index in [1.807, 2.05) is 0 Å². The molecule has 1 fully saturated rings. The fraction of sp³-hybridized carbons (Fsp3) is 0.417. The highest BCUT2D eigenvalue weighted by Gasteiger charge is 2.33. The van der Waals surface area contributed by atoms with Gasteiger partial charge in [0.1, 0.15) is 11.4 Å². The first kappa shape index (κ1) is 14.1. The van der Waals surface area contributed by atoms with Gasteiger partial charge < -0.3 is 19.5 Å². The first-order chi connectivity index (χ1) is 9.54. The van der Waals surface area contributed by atoms with Gasteiger partial charge in [0.25, 0.3) is 5.69 Å². The number of anilines is 1. The monoisotopic (exact) mass is 282 g/mol. The third-order valence-corrected chi connectivity index (χ3v) is 3.10. The largest absolute Gasteiger partial charge is 0.496 e. The van der Waals surface area contributed by atoms with E-state index in [2.05, 4.69) is 0 Å².